The van der Waals surface area contributed by atoms with Crippen LogP contribution in [-0.2, 0) is 11.3 Å². The molecular formula is C12H14N4O2. The van der Waals surface area contributed by atoms with E-state index in [1.54, 1.807) is 30.5 Å². The van der Waals surface area contributed by atoms with Crippen molar-refractivity contribution in [3.05, 3.63) is 47.5 Å². The lowest BCUT2D eigenvalue weighted by Gasteiger charge is -2.01. The average Bonchev–Trinajstić information content (AvgIpc) is 2.67. The smallest absolute Gasteiger partial charge is 0.350 e. The summed E-state index contributed by atoms with van der Waals surface area (Å²) in [5, 5.41) is 6.75. The molecular weight excluding hydrogens is 232 g/mol. The Bertz CT molecular complexity index is 626. The van der Waals surface area contributed by atoms with Gasteiger partial charge in [-0.25, -0.2) is 9.48 Å². The Morgan fingerprint density at radius 2 is 2.33 bits per heavy atom. The number of rotatable bonds is 5. The van der Waals surface area contributed by atoms with Crippen LogP contribution in [0.1, 0.15) is 6.42 Å². The third-order valence-corrected chi connectivity index (χ3v) is 2.45. The minimum absolute atomic E-state index is 0.0718. The molecule has 0 unspecified atom stereocenters. The van der Waals surface area contributed by atoms with Crippen LogP contribution in [-0.4, -0.2) is 26.6 Å². The SMILES string of the molecule is C=CCCNC(=O)Cn1nc2ccccn2c1=O. The van der Waals surface area contributed by atoms with Gasteiger partial charge in [0.1, 0.15) is 6.54 Å². The summed E-state index contributed by atoms with van der Waals surface area (Å²) in [6, 6.07) is 5.24. The van der Waals surface area contributed by atoms with E-state index < -0.39 is 0 Å². The summed E-state index contributed by atoms with van der Waals surface area (Å²) in [7, 11) is 0. The molecule has 0 atom stereocenters. The molecule has 6 heteroatoms. The van der Waals surface area contributed by atoms with Crippen molar-refractivity contribution in [2.75, 3.05) is 6.54 Å². The highest BCUT2D eigenvalue weighted by Gasteiger charge is 2.09. The van der Waals surface area contributed by atoms with Crippen LogP contribution in [0.4, 0.5) is 0 Å². The average molecular weight is 246 g/mol. The molecule has 0 aliphatic carbocycles. The first-order chi connectivity index (χ1) is 8.72. The second kappa shape index (κ2) is 5.31. The van der Waals surface area contributed by atoms with Gasteiger partial charge in [-0.1, -0.05) is 12.1 Å². The molecule has 2 rings (SSSR count). The van der Waals surface area contributed by atoms with Crippen molar-refractivity contribution in [1.82, 2.24) is 19.5 Å². The molecule has 2 heterocycles. The Labute approximate surface area is 104 Å². The number of pyridine rings is 1. The zero-order valence-electron chi connectivity index (χ0n) is 9.87. The molecule has 1 amide bonds. The van der Waals surface area contributed by atoms with Crippen LogP contribution in [0.25, 0.3) is 5.65 Å². The van der Waals surface area contributed by atoms with E-state index in [0.717, 1.165) is 4.68 Å². The van der Waals surface area contributed by atoms with Gasteiger partial charge in [0.15, 0.2) is 5.65 Å². The zero-order chi connectivity index (χ0) is 13.0. The normalized spacial score (nSPS) is 10.4. The molecule has 0 aliphatic rings. The van der Waals surface area contributed by atoms with E-state index in [2.05, 4.69) is 17.0 Å². The van der Waals surface area contributed by atoms with E-state index in [4.69, 9.17) is 0 Å². The minimum Gasteiger partial charge on any atom is -0.354 e. The van der Waals surface area contributed by atoms with Crippen molar-refractivity contribution < 1.29 is 4.79 Å². The molecule has 0 spiro atoms. The topological polar surface area (TPSA) is 68.4 Å². The van der Waals surface area contributed by atoms with Crippen LogP contribution in [0.3, 0.4) is 0 Å². The largest absolute Gasteiger partial charge is 0.354 e. The second-order valence-corrected chi connectivity index (χ2v) is 3.80. The molecule has 0 saturated carbocycles. The summed E-state index contributed by atoms with van der Waals surface area (Å²) in [5.74, 6) is -0.234. The molecule has 2 aromatic heterocycles. The Morgan fingerprint density at radius 3 is 3.06 bits per heavy atom. The van der Waals surface area contributed by atoms with Crippen LogP contribution < -0.4 is 11.0 Å². The van der Waals surface area contributed by atoms with E-state index in [1.807, 2.05) is 0 Å². The van der Waals surface area contributed by atoms with Gasteiger partial charge in [-0.3, -0.25) is 9.20 Å². The lowest BCUT2D eigenvalue weighted by Crippen LogP contribution is -2.33. The quantitative estimate of drug-likeness (QED) is 0.605. The van der Waals surface area contributed by atoms with Gasteiger partial charge >= 0.3 is 5.69 Å². The Morgan fingerprint density at radius 1 is 1.50 bits per heavy atom. The molecule has 6 nitrogen and oxygen atoms in total. The van der Waals surface area contributed by atoms with Crippen LogP contribution in [0.2, 0.25) is 0 Å². The maximum absolute atomic E-state index is 11.9. The number of nitrogens with one attached hydrogen (secondary N) is 1. The number of aromatic nitrogens is 3. The first-order valence-electron chi connectivity index (χ1n) is 5.64. The molecule has 0 aliphatic heterocycles. The highest BCUT2D eigenvalue weighted by molar-refractivity contribution is 5.75. The van der Waals surface area contributed by atoms with Crippen molar-refractivity contribution in [3.63, 3.8) is 0 Å². The van der Waals surface area contributed by atoms with Gasteiger partial charge in [0.05, 0.1) is 0 Å². The van der Waals surface area contributed by atoms with Gasteiger partial charge in [0.25, 0.3) is 0 Å². The standard InChI is InChI=1S/C12H14N4O2/c1-2-3-7-13-11(17)9-16-12(18)15-8-5-4-6-10(15)14-16/h2,4-6,8H,1,3,7,9H2,(H,13,17). The highest BCUT2D eigenvalue weighted by atomic mass is 16.2. The number of nitrogens with zero attached hydrogens (tertiary/aromatic N) is 3. The van der Waals surface area contributed by atoms with Gasteiger partial charge < -0.3 is 5.32 Å². The summed E-state index contributed by atoms with van der Waals surface area (Å²) in [6.07, 6.45) is 4.04. The molecule has 2 aromatic rings. The summed E-state index contributed by atoms with van der Waals surface area (Å²) in [4.78, 5) is 23.4. The van der Waals surface area contributed by atoms with Crippen molar-refractivity contribution in [3.8, 4) is 0 Å². The Hall–Kier alpha value is -2.37. The van der Waals surface area contributed by atoms with E-state index in [9.17, 15) is 9.59 Å². The lowest BCUT2D eigenvalue weighted by molar-refractivity contribution is -0.121. The molecule has 94 valence electrons. The van der Waals surface area contributed by atoms with Gasteiger partial charge in [-0.05, 0) is 18.6 Å². The van der Waals surface area contributed by atoms with Crippen molar-refractivity contribution in [2.45, 2.75) is 13.0 Å². The molecule has 18 heavy (non-hydrogen) atoms. The van der Waals surface area contributed by atoms with Gasteiger partial charge in [0, 0.05) is 12.7 Å². The fraction of sp³-hybridized carbons (Fsp3) is 0.250. The monoisotopic (exact) mass is 246 g/mol. The maximum atomic E-state index is 11.9. The third kappa shape index (κ3) is 2.48. The number of hydrogen-bond acceptors (Lipinski definition) is 3. The predicted octanol–water partition coefficient (Wildman–Crippen LogP) is 0.188. The molecule has 0 fully saturated rings. The summed E-state index contributed by atoms with van der Waals surface area (Å²) in [5.41, 5.74) is 0.214. The van der Waals surface area contributed by atoms with Crippen molar-refractivity contribution in [1.29, 1.82) is 0 Å². The lowest BCUT2D eigenvalue weighted by atomic mass is 10.4. The minimum atomic E-state index is -0.315. The fourth-order valence-electron chi connectivity index (χ4n) is 1.58. The molecule has 0 aromatic carbocycles. The number of hydrogen-bond donors (Lipinski definition) is 1. The molecule has 0 bridgehead atoms. The van der Waals surface area contributed by atoms with Crippen molar-refractivity contribution >= 4 is 11.6 Å². The zero-order valence-corrected chi connectivity index (χ0v) is 9.87. The van der Waals surface area contributed by atoms with Crippen LogP contribution in [0, 0.1) is 0 Å². The van der Waals surface area contributed by atoms with Gasteiger partial charge in [0.2, 0.25) is 5.91 Å². The van der Waals surface area contributed by atoms with E-state index in [0.29, 0.717) is 18.6 Å². The fourth-order valence-corrected chi connectivity index (χ4v) is 1.58. The number of carbonyl (C=O) groups is 1. The molecule has 0 saturated heterocycles. The first-order valence-corrected chi connectivity index (χ1v) is 5.64. The van der Waals surface area contributed by atoms with Crippen LogP contribution >= 0.6 is 0 Å². The second-order valence-electron chi connectivity index (χ2n) is 3.80. The highest BCUT2D eigenvalue weighted by Crippen LogP contribution is 1.94. The molecule has 1 N–H and O–H groups in total. The van der Waals surface area contributed by atoms with Gasteiger partial charge in [-0.2, -0.15) is 0 Å². The Kier molecular flexibility index (Phi) is 3.57. The number of fused-ring (bicyclic) bond motifs is 1. The third-order valence-electron chi connectivity index (χ3n) is 2.45. The Balaban J connectivity index is 2.12. The van der Waals surface area contributed by atoms with E-state index in [-0.39, 0.29) is 18.1 Å². The van der Waals surface area contributed by atoms with E-state index >= 15 is 0 Å². The summed E-state index contributed by atoms with van der Waals surface area (Å²) >= 11 is 0. The maximum Gasteiger partial charge on any atom is 0.350 e. The van der Waals surface area contributed by atoms with E-state index in [1.165, 1.54) is 4.40 Å². The van der Waals surface area contributed by atoms with Crippen LogP contribution in [0.5, 0.6) is 0 Å². The molecule has 0 radical (unpaired) electrons. The van der Waals surface area contributed by atoms with Crippen LogP contribution in [0.15, 0.2) is 41.8 Å². The summed E-state index contributed by atoms with van der Waals surface area (Å²) < 4.78 is 2.55. The first kappa shape index (κ1) is 12.1. The number of amides is 1. The number of carbonyl (C=O) groups excluding carboxylic acids is 1. The van der Waals surface area contributed by atoms with Crippen molar-refractivity contribution in [2.24, 2.45) is 0 Å². The predicted molar refractivity (Wildman–Crippen MR) is 67.3 cm³/mol. The summed E-state index contributed by atoms with van der Waals surface area (Å²) in [6.45, 7) is 4.01. The van der Waals surface area contributed by atoms with Gasteiger partial charge in [-0.15, -0.1) is 11.7 Å².